The van der Waals surface area contributed by atoms with E-state index in [0.717, 1.165) is 7.11 Å². The molecule has 0 amide bonds. The van der Waals surface area contributed by atoms with E-state index in [4.69, 9.17) is 0 Å². The SMILES string of the molecule is COC(=O)[C@@H]1[C@H](C(=O)OC)[C@H](C(=O)OC)C[C@@H]1C(C)=O. The molecule has 0 unspecified atom stereocenters. The van der Waals surface area contributed by atoms with Crippen LogP contribution >= 0.6 is 0 Å². The van der Waals surface area contributed by atoms with Gasteiger partial charge in [0.1, 0.15) is 5.78 Å². The molecular weight excluding hydrogens is 268 g/mol. The van der Waals surface area contributed by atoms with E-state index >= 15 is 0 Å². The zero-order valence-corrected chi connectivity index (χ0v) is 11.9. The van der Waals surface area contributed by atoms with Crippen LogP contribution in [0.3, 0.4) is 0 Å². The van der Waals surface area contributed by atoms with E-state index in [1.807, 2.05) is 0 Å². The Kier molecular flexibility index (Phi) is 5.24. The van der Waals surface area contributed by atoms with Gasteiger partial charge >= 0.3 is 17.9 Å². The molecule has 0 aromatic carbocycles. The van der Waals surface area contributed by atoms with E-state index in [2.05, 4.69) is 14.2 Å². The minimum Gasteiger partial charge on any atom is -0.469 e. The van der Waals surface area contributed by atoms with Crippen molar-refractivity contribution in [1.29, 1.82) is 0 Å². The molecule has 0 radical (unpaired) electrons. The Bertz CT molecular complexity index is 428. The molecule has 0 aliphatic heterocycles. The summed E-state index contributed by atoms with van der Waals surface area (Å²) in [7, 11) is 3.51. The third-order valence-corrected chi connectivity index (χ3v) is 3.73. The van der Waals surface area contributed by atoms with Crippen LogP contribution in [0.4, 0.5) is 0 Å². The molecule has 1 saturated carbocycles. The highest BCUT2D eigenvalue weighted by atomic mass is 16.5. The van der Waals surface area contributed by atoms with Crippen LogP contribution in [0.25, 0.3) is 0 Å². The zero-order valence-electron chi connectivity index (χ0n) is 11.9. The van der Waals surface area contributed by atoms with Crippen LogP contribution in [0, 0.1) is 23.7 Å². The first-order valence-electron chi connectivity index (χ1n) is 6.12. The highest BCUT2D eigenvalue weighted by molar-refractivity contribution is 5.93. The van der Waals surface area contributed by atoms with Crippen molar-refractivity contribution in [2.75, 3.05) is 21.3 Å². The van der Waals surface area contributed by atoms with Gasteiger partial charge in [0.05, 0.1) is 39.1 Å². The highest BCUT2D eigenvalue weighted by Crippen LogP contribution is 2.44. The number of Topliss-reactive ketones (excluding diaryl/α,β-unsaturated/α-hetero) is 1. The lowest BCUT2D eigenvalue weighted by Gasteiger charge is -2.21. The molecule has 20 heavy (non-hydrogen) atoms. The predicted octanol–water partition coefficient (Wildman–Crippen LogP) is -0.0371. The maximum atomic E-state index is 11.9. The standard InChI is InChI=1S/C13H18O7/c1-6(14)7-5-8(11(15)18-2)10(13(17)20-4)9(7)12(16)19-3/h7-10H,5H2,1-4H3/t7-,8-,9+,10-/m1/s1. The summed E-state index contributed by atoms with van der Waals surface area (Å²) in [6.07, 6.45) is 0.0710. The van der Waals surface area contributed by atoms with Gasteiger partial charge in [0, 0.05) is 5.92 Å². The average Bonchev–Trinajstić information content (AvgIpc) is 2.85. The van der Waals surface area contributed by atoms with Crippen LogP contribution in [0.5, 0.6) is 0 Å². The monoisotopic (exact) mass is 286 g/mol. The lowest BCUT2D eigenvalue weighted by atomic mass is 9.85. The van der Waals surface area contributed by atoms with Crippen LogP contribution in [0.15, 0.2) is 0 Å². The molecule has 0 bridgehead atoms. The molecule has 0 N–H and O–H groups in total. The second kappa shape index (κ2) is 6.49. The minimum absolute atomic E-state index is 0.0710. The highest BCUT2D eigenvalue weighted by Gasteiger charge is 2.56. The number of methoxy groups -OCH3 is 3. The molecule has 0 aromatic heterocycles. The first-order valence-corrected chi connectivity index (χ1v) is 6.12. The molecule has 0 spiro atoms. The average molecular weight is 286 g/mol. The van der Waals surface area contributed by atoms with Gasteiger partial charge in [-0.3, -0.25) is 19.2 Å². The Morgan fingerprint density at radius 2 is 1.15 bits per heavy atom. The minimum atomic E-state index is -1.06. The second-order valence-electron chi connectivity index (χ2n) is 4.68. The van der Waals surface area contributed by atoms with Crippen LogP contribution in [0.2, 0.25) is 0 Å². The molecule has 1 aliphatic rings. The van der Waals surface area contributed by atoms with Crippen molar-refractivity contribution in [2.24, 2.45) is 23.7 Å². The Morgan fingerprint density at radius 1 is 0.750 bits per heavy atom. The molecule has 4 atom stereocenters. The maximum Gasteiger partial charge on any atom is 0.310 e. The summed E-state index contributed by atoms with van der Waals surface area (Å²) in [5.41, 5.74) is 0. The molecule has 1 aliphatic carbocycles. The van der Waals surface area contributed by atoms with Crippen molar-refractivity contribution in [1.82, 2.24) is 0 Å². The van der Waals surface area contributed by atoms with E-state index in [1.165, 1.54) is 21.1 Å². The molecular formula is C13H18O7. The summed E-state index contributed by atoms with van der Waals surface area (Å²) < 4.78 is 13.9. The van der Waals surface area contributed by atoms with Gasteiger partial charge in [-0.2, -0.15) is 0 Å². The Hall–Kier alpha value is -1.92. The third kappa shape index (κ3) is 2.81. The molecule has 1 rings (SSSR count). The third-order valence-electron chi connectivity index (χ3n) is 3.73. The molecule has 112 valence electrons. The quantitative estimate of drug-likeness (QED) is 0.528. The number of esters is 3. The van der Waals surface area contributed by atoms with Crippen LogP contribution in [0.1, 0.15) is 13.3 Å². The van der Waals surface area contributed by atoms with Crippen molar-refractivity contribution in [3.63, 3.8) is 0 Å². The van der Waals surface area contributed by atoms with E-state index in [-0.39, 0.29) is 12.2 Å². The van der Waals surface area contributed by atoms with Crippen LogP contribution in [-0.4, -0.2) is 45.0 Å². The number of ketones is 1. The summed E-state index contributed by atoms with van der Waals surface area (Å²) in [5.74, 6) is -6.06. The fraction of sp³-hybridized carbons (Fsp3) is 0.692. The van der Waals surface area contributed by atoms with Gasteiger partial charge in [-0.05, 0) is 13.3 Å². The number of rotatable bonds is 4. The van der Waals surface area contributed by atoms with Crippen molar-refractivity contribution in [3.8, 4) is 0 Å². The Labute approximate surface area is 116 Å². The van der Waals surface area contributed by atoms with Gasteiger partial charge in [-0.1, -0.05) is 0 Å². The second-order valence-corrected chi connectivity index (χ2v) is 4.68. The van der Waals surface area contributed by atoms with E-state index < -0.39 is 41.6 Å². The Morgan fingerprint density at radius 3 is 1.50 bits per heavy atom. The van der Waals surface area contributed by atoms with E-state index in [1.54, 1.807) is 0 Å². The van der Waals surface area contributed by atoms with E-state index in [9.17, 15) is 19.2 Å². The topological polar surface area (TPSA) is 96.0 Å². The van der Waals surface area contributed by atoms with Gasteiger partial charge in [0.15, 0.2) is 0 Å². The van der Waals surface area contributed by atoms with E-state index in [0.29, 0.717) is 0 Å². The van der Waals surface area contributed by atoms with Gasteiger partial charge in [0.2, 0.25) is 0 Å². The first kappa shape index (κ1) is 16.1. The fourth-order valence-electron chi connectivity index (χ4n) is 2.77. The van der Waals surface area contributed by atoms with Crippen molar-refractivity contribution in [2.45, 2.75) is 13.3 Å². The molecule has 0 aromatic rings. The number of carbonyl (C=O) groups is 4. The number of ether oxygens (including phenoxy) is 3. The van der Waals surface area contributed by atoms with Crippen molar-refractivity contribution < 1.29 is 33.4 Å². The van der Waals surface area contributed by atoms with Gasteiger partial charge in [-0.25, -0.2) is 0 Å². The molecule has 0 heterocycles. The van der Waals surface area contributed by atoms with Gasteiger partial charge in [0.25, 0.3) is 0 Å². The first-order chi connectivity index (χ1) is 9.38. The lowest BCUT2D eigenvalue weighted by molar-refractivity contribution is -0.163. The summed E-state index contributed by atoms with van der Waals surface area (Å²) >= 11 is 0. The summed E-state index contributed by atoms with van der Waals surface area (Å²) in [5, 5.41) is 0. The zero-order chi connectivity index (χ0) is 15.4. The summed E-state index contributed by atoms with van der Waals surface area (Å²) in [6, 6.07) is 0. The number of hydrogen-bond acceptors (Lipinski definition) is 7. The smallest absolute Gasteiger partial charge is 0.310 e. The summed E-state index contributed by atoms with van der Waals surface area (Å²) in [6.45, 7) is 1.31. The Balaban J connectivity index is 3.23. The largest absolute Gasteiger partial charge is 0.469 e. The molecule has 7 heteroatoms. The predicted molar refractivity (Wildman–Crippen MR) is 65.3 cm³/mol. The van der Waals surface area contributed by atoms with Crippen LogP contribution < -0.4 is 0 Å². The number of hydrogen-bond donors (Lipinski definition) is 0. The normalized spacial score (nSPS) is 28.6. The molecule has 1 fully saturated rings. The van der Waals surface area contributed by atoms with Gasteiger partial charge < -0.3 is 14.2 Å². The molecule has 7 nitrogen and oxygen atoms in total. The lowest BCUT2D eigenvalue weighted by Crippen LogP contribution is -2.37. The maximum absolute atomic E-state index is 11.9. The van der Waals surface area contributed by atoms with Gasteiger partial charge in [-0.15, -0.1) is 0 Å². The fourth-order valence-corrected chi connectivity index (χ4v) is 2.77. The van der Waals surface area contributed by atoms with Crippen molar-refractivity contribution >= 4 is 23.7 Å². The van der Waals surface area contributed by atoms with Crippen molar-refractivity contribution in [3.05, 3.63) is 0 Å². The number of carbonyl (C=O) groups excluding carboxylic acids is 4. The van der Waals surface area contributed by atoms with Crippen LogP contribution in [-0.2, 0) is 33.4 Å². The summed E-state index contributed by atoms with van der Waals surface area (Å²) in [4.78, 5) is 47.2. The molecule has 0 saturated heterocycles.